The molecule has 0 fully saturated rings. The third-order valence-electron chi connectivity index (χ3n) is 5.36. The van der Waals surface area contributed by atoms with Crippen molar-refractivity contribution in [3.8, 4) is 0 Å². The Morgan fingerprint density at radius 3 is 2.00 bits per heavy atom. The number of benzene rings is 2. The first-order chi connectivity index (χ1) is 16.9. The topological polar surface area (TPSA) is 134 Å². The summed E-state index contributed by atoms with van der Waals surface area (Å²) in [5, 5.41) is 2.51. The van der Waals surface area contributed by atoms with Gasteiger partial charge in [-0.05, 0) is 38.8 Å². The molecule has 0 aliphatic rings. The molecule has 0 spiro atoms. The number of Topliss-reactive ketones (excluding diaryl/α,β-unsaturated/α-hetero) is 1. The third-order valence-corrected chi connectivity index (χ3v) is 5.36. The largest absolute Gasteiger partial charge is 0.467 e. The zero-order valence-electron chi connectivity index (χ0n) is 21.3. The van der Waals surface area contributed by atoms with Gasteiger partial charge in [0.1, 0.15) is 12.2 Å². The molecule has 0 aromatic heterocycles. The van der Waals surface area contributed by atoms with Crippen LogP contribution in [0.25, 0.3) is 0 Å². The van der Waals surface area contributed by atoms with Gasteiger partial charge in [-0.25, -0.2) is 9.59 Å². The van der Waals surface area contributed by atoms with E-state index < -0.39 is 53.3 Å². The van der Waals surface area contributed by atoms with Crippen molar-refractivity contribution >= 4 is 23.8 Å². The summed E-state index contributed by atoms with van der Waals surface area (Å²) in [6.07, 6.45) is -1.33. The van der Waals surface area contributed by atoms with Crippen LogP contribution < -0.4 is 11.1 Å². The van der Waals surface area contributed by atoms with Crippen LogP contribution in [0.15, 0.2) is 60.7 Å². The number of carbonyl (C=O) groups is 4. The van der Waals surface area contributed by atoms with Gasteiger partial charge in [0.25, 0.3) is 0 Å². The SMILES string of the molecule is COC(=O)[C@@](C)(NC(=O)OC(C)(C)C)C(C(=O)[C@@H](N)CC(=O)OCc1ccccc1)c1ccccc1. The molecular formula is C27H34N2O7. The molecule has 0 heterocycles. The van der Waals surface area contributed by atoms with E-state index in [1.165, 1.54) is 6.92 Å². The lowest BCUT2D eigenvalue weighted by molar-refractivity contribution is -0.151. The van der Waals surface area contributed by atoms with Crippen LogP contribution in [-0.4, -0.2) is 48.1 Å². The highest BCUT2D eigenvalue weighted by Crippen LogP contribution is 2.32. The molecule has 2 rings (SSSR count). The summed E-state index contributed by atoms with van der Waals surface area (Å²) in [7, 11) is 1.14. The average Bonchev–Trinajstić information content (AvgIpc) is 2.82. The zero-order chi connectivity index (χ0) is 26.9. The molecular weight excluding hydrogens is 464 g/mol. The number of carbonyl (C=O) groups excluding carboxylic acids is 4. The fourth-order valence-corrected chi connectivity index (χ4v) is 3.69. The molecule has 0 aliphatic heterocycles. The van der Waals surface area contributed by atoms with E-state index in [2.05, 4.69) is 5.32 Å². The highest BCUT2D eigenvalue weighted by Gasteiger charge is 2.50. The van der Waals surface area contributed by atoms with Gasteiger partial charge in [-0.2, -0.15) is 0 Å². The minimum absolute atomic E-state index is 0.0305. The van der Waals surface area contributed by atoms with Crippen LogP contribution >= 0.6 is 0 Å². The molecule has 0 aliphatic carbocycles. The van der Waals surface area contributed by atoms with Gasteiger partial charge in [-0.1, -0.05) is 60.7 Å². The number of methoxy groups -OCH3 is 1. The molecule has 2 aromatic rings. The molecule has 36 heavy (non-hydrogen) atoms. The fourth-order valence-electron chi connectivity index (χ4n) is 3.69. The summed E-state index contributed by atoms with van der Waals surface area (Å²) < 4.78 is 15.5. The van der Waals surface area contributed by atoms with Gasteiger partial charge in [0.2, 0.25) is 0 Å². The Hall–Kier alpha value is -3.72. The van der Waals surface area contributed by atoms with Crippen LogP contribution in [0, 0.1) is 0 Å². The van der Waals surface area contributed by atoms with E-state index in [1.807, 2.05) is 18.2 Å². The highest BCUT2D eigenvalue weighted by molar-refractivity contribution is 6.00. The van der Waals surface area contributed by atoms with Crippen molar-refractivity contribution in [2.45, 2.75) is 63.8 Å². The Bertz CT molecular complexity index is 1050. The molecule has 2 aromatic carbocycles. The summed E-state index contributed by atoms with van der Waals surface area (Å²) in [4.78, 5) is 51.7. The number of hydrogen-bond donors (Lipinski definition) is 2. The van der Waals surface area contributed by atoms with Gasteiger partial charge < -0.3 is 25.3 Å². The predicted octanol–water partition coefficient (Wildman–Crippen LogP) is 3.26. The molecule has 9 nitrogen and oxygen atoms in total. The summed E-state index contributed by atoms with van der Waals surface area (Å²) >= 11 is 0. The Balaban J connectivity index is 2.32. The molecule has 194 valence electrons. The maximum absolute atomic E-state index is 13.7. The lowest BCUT2D eigenvalue weighted by Gasteiger charge is -2.36. The zero-order valence-corrected chi connectivity index (χ0v) is 21.3. The molecule has 3 N–H and O–H groups in total. The number of ketones is 1. The number of hydrogen-bond acceptors (Lipinski definition) is 8. The number of amides is 1. The van der Waals surface area contributed by atoms with E-state index in [0.29, 0.717) is 5.56 Å². The van der Waals surface area contributed by atoms with E-state index in [4.69, 9.17) is 19.9 Å². The summed E-state index contributed by atoms with van der Waals surface area (Å²) in [6, 6.07) is 16.1. The second-order valence-electron chi connectivity index (χ2n) is 9.52. The monoisotopic (exact) mass is 498 g/mol. The van der Waals surface area contributed by atoms with Crippen molar-refractivity contribution in [2.75, 3.05) is 7.11 Å². The van der Waals surface area contributed by atoms with E-state index in [-0.39, 0.29) is 6.61 Å². The number of ether oxygens (including phenoxy) is 3. The van der Waals surface area contributed by atoms with Crippen LogP contribution in [0.1, 0.15) is 51.2 Å². The average molecular weight is 499 g/mol. The third kappa shape index (κ3) is 7.91. The van der Waals surface area contributed by atoms with E-state index in [0.717, 1.165) is 12.7 Å². The minimum atomic E-state index is -1.89. The smallest absolute Gasteiger partial charge is 0.408 e. The van der Waals surface area contributed by atoms with Gasteiger partial charge >= 0.3 is 18.0 Å². The Morgan fingerprint density at radius 2 is 1.47 bits per heavy atom. The van der Waals surface area contributed by atoms with E-state index in [9.17, 15) is 19.2 Å². The second kappa shape index (κ2) is 12.3. The molecule has 1 amide bonds. The summed E-state index contributed by atoms with van der Waals surface area (Å²) in [5.41, 5.74) is 4.59. The number of nitrogens with one attached hydrogen (secondary N) is 1. The summed E-state index contributed by atoms with van der Waals surface area (Å²) in [5.74, 6) is -3.49. The second-order valence-corrected chi connectivity index (χ2v) is 9.52. The number of rotatable bonds is 10. The van der Waals surface area contributed by atoms with Crippen molar-refractivity contribution in [3.63, 3.8) is 0 Å². The van der Waals surface area contributed by atoms with E-state index in [1.54, 1.807) is 63.2 Å². The molecule has 0 radical (unpaired) electrons. The summed E-state index contributed by atoms with van der Waals surface area (Å²) in [6.45, 7) is 6.39. The van der Waals surface area contributed by atoms with Crippen LogP contribution in [0.3, 0.4) is 0 Å². The highest BCUT2D eigenvalue weighted by atomic mass is 16.6. The van der Waals surface area contributed by atoms with Gasteiger partial charge in [-0.15, -0.1) is 0 Å². The van der Waals surface area contributed by atoms with Gasteiger partial charge in [-0.3, -0.25) is 9.59 Å². The quantitative estimate of drug-likeness (QED) is 0.377. The van der Waals surface area contributed by atoms with Crippen molar-refractivity contribution in [3.05, 3.63) is 71.8 Å². The first-order valence-corrected chi connectivity index (χ1v) is 11.5. The lowest BCUT2D eigenvalue weighted by atomic mass is 9.75. The Kier molecular flexibility index (Phi) is 9.75. The Labute approximate surface area is 211 Å². The maximum atomic E-state index is 13.7. The number of esters is 2. The van der Waals surface area contributed by atoms with Crippen molar-refractivity contribution in [1.82, 2.24) is 5.32 Å². The maximum Gasteiger partial charge on any atom is 0.408 e. The van der Waals surface area contributed by atoms with Crippen LogP contribution in [-0.2, 0) is 35.2 Å². The Morgan fingerprint density at radius 1 is 0.917 bits per heavy atom. The fraction of sp³-hybridized carbons (Fsp3) is 0.407. The first kappa shape index (κ1) is 28.5. The predicted molar refractivity (Wildman–Crippen MR) is 133 cm³/mol. The van der Waals surface area contributed by atoms with E-state index >= 15 is 0 Å². The van der Waals surface area contributed by atoms with Crippen LogP contribution in [0.5, 0.6) is 0 Å². The van der Waals surface area contributed by atoms with Gasteiger partial charge in [0.15, 0.2) is 11.3 Å². The van der Waals surface area contributed by atoms with Crippen LogP contribution in [0.4, 0.5) is 4.79 Å². The minimum Gasteiger partial charge on any atom is -0.467 e. The van der Waals surface area contributed by atoms with Crippen molar-refractivity contribution < 1.29 is 33.4 Å². The molecule has 0 saturated carbocycles. The van der Waals surface area contributed by atoms with Gasteiger partial charge in [0, 0.05) is 0 Å². The van der Waals surface area contributed by atoms with Crippen molar-refractivity contribution in [2.24, 2.45) is 5.73 Å². The molecule has 1 unspecified atom stereocenters. The van der Waals surface area contributed by atoms with Gasteiger partial charge in [0.05, 0.1) is 25.5 Å². The first-order valence-electron chi connectivity index (χ1n) is 11.5. The lowest BCUT2D eigenvalue weighted by Crippen LogP contribution is -2.61. The molecule has 3 atom stereocenters. The number of nitrogens with two attached hydrogens (primary N) is 1. The van der Waals surface area contributed by atoms with Crippen molar-refractivity contribution in [1.29, 1.82) is 0 Å². The van der Waals surface area contributed by atoms with Crippen LogP contribution in [0.2, 0.25) is 0 Å². The normalized spacial score (nSPS) is 14.5. The molecule has 0 bridgehead atoms. The number of alkyl carbamates (subject to hydrolysis) is 1. The molecule has 0 saturated heterocycles. The standard InChI is InChI=1S/C27H34N2O7/c1-26(2,3)36-25(33)29-27(4,24(32)34-5)22(19-14-10-7-11-15-19)23(31)20(28)16-21(30)35-17-18-12-8-6-9-13-18/h6-15,20,22H,16-17,28H2,1-5H3,(H,29,33)/t20-,22?,27-/m0/s1. The molecule has 9 heteroatoms.